The Bertz CT molecular complexity index is 1080. The maximum atomic E-state index is 12.7. The molecule has 4 nitrogen and oxygen atoms in total. The van der Waals surface area contributed by atoms with Gasteiger partial charge in [-0.3, -0.25) is 9.36 Å². The van der Waals surface area contributed by atoms with Gasteiger partial charge in [0, 0.05) is 11.6 Å². The predicted molar refractivity (Wildman–Crippen MR) is 96.6 cm³/mol. The molecule has 2 heterocycles. The lowest BCUT2D eigenvalue weighted by Crippen LogP contribution is -2.20. The maximum absolute atomic E-state index is 12.7. The number of benzene rings is 2. The zero-order chi connectivity index (χ0) is 18.3. The van der Waals surface area contributed by atoms with Crippen molar-refractivity contribution in [3.8, 4) is 5.75 Å². The molecule has 0 bridgehead atoms. The number of alkyl halides is 2. The van der Waals surface area contributed by atoms with Crippen LogP contribution in [0.25, 0.3) is 22.6 Å². The minimum atomic E-state index is -2.85. The summed E-state index contributed by atoms with van der Waals surface area (Å²) in [6.45, 7) is -2.30. The van der Waals surface area contributed by atoms with Crippen LogP contribution in [0, 0.1) is 0 Å². The first-order valence-electron chi connectivity index (χ1n) is 7.97. The molecule has 0 saturated carbocycles. The van der Waals surface area contributed by atoms with Crippen LogP contribution in [0.3, 0.4) is 0 Å². The fourth-order valence-electron chi connectivity index (χ4n) is 3.07. The Labute approximate surface area is 152 Å². The standard InChI is InChI=1S/C19H13ClF2N2O2/c20-13-3-6-16-15(10-13)18(25)24-8-7-12(17(24)23-16)9-11-1-4-14(5-2-11)26-19(21)22/h1-6,9-10,19H,7-8H2/b12-9+. The summed E-state index contributed by atoms with van der Waals surface area (Å²) in [7, 11) is 0. The van der Waals surface area contributed by atoms with Gasteiger partial charge in [-0.25, -0.2) is 4.98 Å². The van der Waals surface area contributed by atoms with E-state index in [-0.39, 0.29) is 11.3 Å². The van der Waals surface area contributed by atoms with Crippen molar-refractivity contribution in [2.75, 3.05) is 0 Å². The molecule has 0 saturated heterocycles. The molecule has 1 aliphatic heterocycles. The number of hydrogen-bond donors (Lipinski definition) is 0. The first-order valence-corrected chi connectivity index (χ1v) is 8.35. The van der Waals surface area contributed by atoms with Crippen molar-refractivity contribution in [2.45, 2.75) is 19.6 Å². The third kappa shape index (κ3) is 3.08. The van der Waals surface area contributed by atoms with E-state index >= 15 is 0 Å². The van der Waals surface area contributed by atoms with Crippen molar-refractivity contribution in [1.82, 2.24) is 9.55 Å². The average molecular weight is 375 g/mol. The molecule has 0 spiro atoms. The topological polar surface area (TPSA) is 44.1 Å². The van der Waals surface area contributed by atoms with E-state index in [0.29, 0.717) is 34.7 Å². The highest BCUT2D eigenvalue weighted by Crippen LogP contribution is 2.28. The molecule has 1 aromatic heterocycles. The van der Waals surface area contributed by atoms with Crippen LogP contribution in [-0.4, -0.2) is 16.2 Å². The van der Waals surface area contributed by atoms with Gasteiger partial charge >= 0.3 is 6.61 Å². The first-order chi connectivity index (χ1) is 12.5. The Hall–Kier alpha value is -2.73. The molecule has 0 radical (unpaired) electrons. The monoisotopic (exact) mass is 374 g/mol. The predicted octanol–water partition coefficient (Wildman–Crippen LogP) is 4.60. The van der Waals surface area contributed by atoms with Crippen molar-refractivity contribution in [3.63, 3.8) is 0 Å². The van der Waals surface area contributed by atoms with Crippen molar-refractivity contribution < 1.29 is 13.5 Å². The second-order valence-electron chi connectivity index (χ2n) is 5.92. The molecule has 0 aliphatic carbocycles. The van der Waals surface area contributed by atoms with Crippen LogP contribution in [0.5, 0.6) is 5.75 Å². The van der Waals surface area contributed by atoms with Crippen LogP contribution in [0.4, 0.5) is 8.78 Å². The van der Waals surface area contributed by atoms with E-state index in [2.05, 4.69) is 9.72 Å². The van der Waals surface area contributed by atoms with E-state index in [1.54, 1.807) is 34.9 Å². The lowest BCUT2D eigenvalue weighted by Gasteiger charge is -2.06. The number of fused-ring (bicyclic) bond motifs is 2. The molecule has 132 valence electrons. The SMILES string of the molecule is O=c1c2cc(Cl)ccc2nc2n1CC/C2=C\c1ccc(OC(F)F)cc1. The molecule has 4 rings (SSSR count). The van der Waals surface area contributed by atoms with Gasteiger partial charge in [0.05, 0.1) is 10.9 Å². The number of allylic oxidation sites excluding steroid dienone is 1. The Balaban J connectivity index is 1.73. The summed E-state index contributed by atoms with van der Waals surface area (Å²) < 4.78 is 30.4. The van der Waals surface area contributed by atoms with Crippen molar-refractivity contribution in [2.24, 2.45) is 0 Å². The van der Waals surface area contributed by atoms with Gasteiger partial charge in [-0.05, 0) is 54.0 Å². The fraction of sp³-hybridized carbons (Fsp3) is 0.158. The van der Waals surface area contributed by atoms with Crippen molar-refractivity contribution in [3.05, 3.63) is 69.2 Å². The molecule has 2 aromatic carbocycles. The summed E-state index contributed by atoms with van der Waals surface area (Å²) in [6, 6.07) is 11.4. The number of rotatable bonds is 3. The van der Waals surface area contributed by atoms with Gasteiger partial charge in [0.25, 0.3) is 5.56 Å². The lowest BCUT2D eigenvalue weighted by molar-refractivity contribution is -0.0498. The molecule has 26 heavy (non-hydrogen) atoms. The smallest absolute Gasteiger partial charge is 0.387 e. The second kappa shape index (κ2) is 6.53. The van der Waals surface area contributed by atoms with E-state index < -0.39 is 6.61 Å². The van der Waals surface area contributed by atoms with E-state index in [1.165, 1.54) is 12.1 Å². The Kier molecular flexibility index (Phi) is 4.20. The van der Waals surface area contributed by atoms with Gasteiger partial charge in [0.2, 0.25) is 0 Å². The summed E-state index contributed by atoms with van der Waals surface area (Å²) in [5.74, 6) is 0.726. The Morgan fingerprint density at radius 3 is 2.69 bits per heavy atom. The Morgan fingerprint density at radius 1 is 1.19 bits per heavy atom. The maximum Gasteiger partial charge on any atom is 0.387 e. The van der Waals surface area contributed by atoms with Gasteiger partial charge in [-0.1, -0.05) is 23.7 Å². The van der Waals surface area contributed by atoms with Crippen molar-refractivity contribution in [1.29, 1.82) is 0 Å². The lowest BCUT2D eigenvalue weighted by atomic mass is 10.1. The van der Waals surface area contributed by atoms with Gasteiger partial charge in [-0.2, -0.15) is 8.78 Å². The van der Waals surface area contributed by atoms with E-state index in [1.807, 2.05) is 6.08 Å². The minimum absolute atomic E-state index is 0.103. The third-order valence-electron chi connectivity index (χ3n) is 4.25. The third-order valence-corrected chi connectivity index (χ3v) is 4.49. The van der Waals surface area contributed by atoms with E-state index in [4.69, 9.17) is 11.6 Å². The molecule has 0 unspecified atom stereocenters. The van der Waals surface area contributed by atoms with Crippen LogP contribution in [0.2, 0.25) is 5.02 Å². The van der Waals surface area contributed by atoms with Gasteiger partial charge < -0.3 is 4.74 Å². The van der Waals surface area contributed by atoms with Crippen LogP contribution in [0.15, 0.2) is 47.3 Å². The zero-order valence-corrected chi connectivity index (χ0v) is 14.2. The van der Waals surface area contributed by atoms with Crippen LogP contribution >= 0.6 is 11.6 Å². The van der Waals surface area contributed by atoms with Crippen LogP contribution in [-0.2, 0) is 6.54 Å². The highest BCUT2D eigenvalue weighted by molar-refractivity contribution is 6.31. The molecule has 0 N–H and O–H groups in total. The Morgan fingerprint density at radius 2 is 1.96 bits per heavy atom. The van der Waals surface area contributed by atoms with Crippen LogP contribution in [0.1, 0.15) is 17.8 Å². The molecule has 0 atom stereocenters. The molecule has 0 fully saturated rings. The molecule has 3 aromatic rings. The number of hydrogen-bond acceptors (Lipinski definition) is 3. The molecular weight excluding hydrogens is 362 g/mol. The van der Waals surface area contributed by atoms with Gasteiger partial charge in [-0.15, -0.1) is 0 Å². The van der Waals surface area contributed by atoms with Crippen LogP contribution < -0.4 is 10.3 Å². The number of halogens is 3. The summed E-state index contributed by atoms with van der Waals surface area (Å²) in [4.78, 5) is 17.3. The molecule has 7 heteroatoms. The molecular formula is C19H13ClF2N2O2. The molecule has 1 aliphatic rings. The van der Waals surface area contributed by atoms with E-state index in [9.17, 15) is 13.6 Å². The normalized spacial score (nSPS) is 15.0. The summed E-state index contributed by atoms with van der Waals surface area (Å²) in [6.07, 6.45) is 2.57. The zero-order valence-electron chi connectivity index (χ0n) is 13.5. The quantitative estimate of drug-likeness (QED) is 0.673. The second-order valence-corrected chi connectivity index (χ2v) is 6.36. The van der Waals surface area contributed by atoms with Crippen molar-refractivity contribution >= 4 is 34.2 Å². The van der Waals surface area contributed by atoms with E-state index in [0.717, 1.165) is 11.1 Å². The minimum Gasteiger partial charge on any atom is -0.435 e. The van der Waals surface area contributed by atoms with Gasteiger partial charge in [0.15, 0.2) is 0 Å². The summed E-state index contributed by atoms with van der Waals surface area (Å²) in [5.41, 5.74) is 2.22. The summed E-state index contributed by atoms with van der Waals surface area (Å²) in [5, 5.41) is 0.993. The number of aromatic nitrogens is 2. The highest BCUT2D eigenvalue weighted by Gasteiger charge is 2.21. The van der Waals surface area contributed by atoms with Gasteiger partial charge in [0.1, 0.15) is 11.6 Å². The average Bonchev–Trinajstić information content (AvgIpc) is 3.00. The number of nitrogens with zero attached hydrogens (tertiary/aromatic N) is 2. The fourth-order valence-corrected chi connectivity index (χ4v) is 3.25. The first kappa shape index (κ1) is 16.7. The number of ether oxygens (including phenoxy) is 1. The summed E-state index contributed by atoms with van der Waals surface area (Å²) >= 11 is 5.98. The highest BCUT2D eigenvalue weighted by atomic mass is 35.5. The largest absolute Gasteiger partial charge is 0.435 e. The molecule has 0 amide bonds.